The zero-order chi connectivity index (χ0) is 29.1. The van der Waals surface area contributed by atoms with Crippen molar-refractivity contribution in [1.29, 1.82) is 0 Å². The number of carbonyl (C=O) groups is 1. The Bertz CT molecular complexity index is 1200. The van der Waals surface area contributed by atoms with E-state index in [1.54, 1.807) is 4.90 Å². The Kier molecular flexibility index (Phi) is 9.26. The average Bonchev–Trinajstić information content (AvgIpc) is 3.49. The lowest BCUT2D eigenvalue weighted by molar-refractivity contribution is -0.137. The van der Waals surface area contributed by atoms with Crippen molar-refractivity contribution in [2.75, 3.05) is 32.8 Å². The summed E-state index contributed by atoms with van der Waals surface area (Å²) in [6.45, 7) is 6.82. The van der Waals surface area contributed by atoms with Gasteiger partial charge in [-0.2, -0.15) is 13.2 Å². The number of ether oxygens (including phenoxy) is 1. The van der Waals surface area contributed by atoms with E-state index in [0.717, 1.165) is 49.3 Å². The van der Waals surface area contributed by atoms with Crippen LogP contribution in [0.5, 0.6) is 5.75 Å². The molecule has 3 aliphatic rings. The van der Waals surface area contributed by atoms with E-state index in [2.05, 4.69) is 30.1 Å². The molecular weight excluding hydrogens is 531 g/mol. The Morgan fingerprint density at radius 1 is 1.00 bits per heavy atom. The Morgan fingerprint density at radius 3 is 2.44 bits per heavy atom. The number of piperidine rings is 1. The molecule has 2 N–H and O–H groups in total. The Balaban J connectivity index is 1.19. The second kappa shape index (κ2) is 12.7. The third kappa shape index (κ3) is 6.89. The van der Waals surface area contributed by atoms with Gasteiger partial charge in [0.05, 0.1) is 5.56 Å². The highest BCUT2D eigenvalue weighted by atomic mass is 19.4. The molecule has 1 aliphatic carbocycles. The number of aliphatic hydroxyl groups is 1. The van der Waals surface area contributed by atoms with Crippen LogP contribution in [0.4, 0.5) is 13.2 Å². The number of aliphatic hydroxyl groups excluding tert-OH is 1. The minimum atomic E-state index is -4.42. The normalized spacial score (nSPS) is 22.9. The first-order valence-corrected chi connectivity index (χ1v) is 15.0. The number of halogens is 3. The number of nitrogens with one attached hydrogen (secondary N) is 1. The van der Waals surface area contributed by atoms with Crippen molar-refractivity contribution in [3.8, 4) is 5.75 Å². The van der Waals surface area contributed by atoms with E-state index < -0.39 is 17.8 Å². The number of alkyl halides is 3. The van der Waals surface area contributed by atoms with Crippen molar-refractivity contribution < 1.29 is 27.8 Å². The smallest absolute Gasteiger partial charge is 0.416 e. The third-order valence-corrected chi connectivity index (χ3v) is 9.26. The highest BCUT2D eigenvalue weighted by Gasteiger charge is 2.38. The largest absolute Gasteiger partial charge is 0.491 e. The molecule has 0 bridgehead atoms. The topological polar surface area (TPSA) is 65.0 Å². The summed E-state index contributed by atoms with van der Waals surface area (Å²) in [7, 11) is 0. The zero-order valence-electron chi connectivity index (χ0n) is 24.1. The van der Waals surface area contributed by atoms with Gasteiger partial charge in [-0.1, -0.05) is 18.9 Å². The molecule has 9 heteroatoms. The van der Waals surface area contributed by atoms with Crippen molar-refractivity contribution in [3.05, 3.63) is 64.2 Å². The van der Waals surface area contributed by atoms with Gasteiger partial charge in [-0.25, -0.2) is 0 Å². The SMILES string of the molecule is Cc1c(OC[C@@H](O)CNC2CCCC2)ccc([C@H]2CCC[C@H]3CN(C(=O)c4ccc(C(F)(F)F)cc4)CCN32)c1C. The number of hydrogen-bond acceptors (Lipinski definition) is 5. The second-order valence-corrected chi connectivity index (χ2v) is 11.9. The van der Waals surface area contributed by atoms with Gasteiger partial charge in [-0.15, -0.1) is 0 Å². The van der Waals surface area contributed by atoms with Crippen LogP contribution in [0.2, 0.25) is 0 Å². The molecule has 2 aliphatic heterocycles. The number of nitrogens with zero attached hydrogens (tertiary/aromatic N) is 2. The molecule has 1 saturated carbocycles. The van der Waals surface area contributed by atoms with Crippen LogP contribution in [0.1, 0.15) is 83.6 Å². The molecule has 5 rings (SSSR count). The van der Waals surface area contributed by atoms with Crippen molar-refractivity contribution in [2.24, 2.45) is 0 Å². The minimum absolute atomic E-state index is 0.207. The number of hydrogen-bond donors (Lipinski definition) is 2. The van der Waals surface area contributed by atoms with Gasteiger partial charge in [0.15, 0.2) is 0 Å². The fraction of sp³-hybridized carbons (Fsp3) is 0.594. The number of amides is 1. The maximum Gasteiger partial charge on any atom is 0.416 e. The number of benzene rings is 2. The van der Waals surface area contributed by atoms with Crippen molar-refractivity contribution in [1.82, 2.24) is 15.1 Å². The summed E-state index contributed by atoms with van der Waals surface area (Å²) in [6, 6.07) is 9.64. The lowest BCUT2D eigenvalue weighted by Crippen LogP contribution is -2.57. The van der Waals surface area contributed by atoms with E-state index in [0.29, 0.717) is 31.2 Å². The van der Waals surface area contributed by atoms with Crippen LogP contribution in [0.3, 0.4) is 0 Å². The molecular formula is C32H42F3N3O3. The first kappa shape index (κ1) is 29.9. The number of piperazine rings is 1. The van der Waals surface area contributed by atoms with Gasteiger partial charge in [0.2, 0.25) is 0 Å². The van der Waals surface area contributed by atoms with Gasteiger partial charge in [0.1, 0.15) is 18.5 Å². The Hall–Kier alpha value is -2.62. The molecule has 2 aromatic rings. The second-order valence-electron chi connectivity index (χ2n) is 11.9. The first-order valence-electron chi connectivity index (χ1n) is 15.0. The number of rotatable bonds is 8. The van der Waals surface area contributed by atoms with E-state index >= 15 is 0 Å². The summed E-state index contributed by atoms with van der Waals surface area (Å²) in [4.78, 5) is 17.4. The third-order valence-electron chi connectivity index (χ3n) is 9.26. The molecule has 3 atom stereocenters. The van der Waals surface area contributed by atoms with Crippen LogP contribution in [0, 0.1) is 13.8 Å². The molecule has 2 aromatic carbocycles. The van der Waals surface area contributed by atoms with E-state index in [9.17, 15) is 23.1 Å². The summed E-state index contributed by atoms with van der Waals surface area (Å²) >= 11 is 0. The van der Waals surface area contributed by atoms with Gasteiger partial charge in [-0.3, -0.25) is 9.69 Å². The minimum Gasteiger partial charge on any atom is -0.491 e. The molecule has 224 valence electrons. The standard InChI is InChI=1S/C32H42F3N3O3/c1-21-22(2)30(41-20-27(39)18-36-25-6-3-4-7-25)15-14-28(21)29-9-5-8-26-19-37(16-17-38(26)29)31(40)23-10-12-24(13-11-23)32(33,34)35/h10-15,25-27,29,36,39H,3-9,16-20H2,1-2H3/t26-,27-,29+/m0/s1. The molecule has 6 nitrogen and oxygen atoms in total. The molecule has 0 aromatic heterocycles. The fourth-order valence-electron chi connectivity index (χ4n) is 6.76. The van der Waals surface area contributed by atoms with Gasteiger partial charge < -0.3 is 20.1 Å². The molecule has 1 amide bonds. The summed E-state index contributed by atoms with van der Waals surface area (Å²) in [6.07, 6.45) is 2.97. The monoisotopic (exact) mass is 573 g/mol. The summed E-state index contributed by atoms with van der Waals surface area (Å²) in [5.74, 6) is 0.583. The van der Waals surface area contributed by atoms with Gasteiger partial charge >= 0.3 is 6.18 Å². The Labute approximate surface area is 240 Å². The number of carbonyl (C=O) groups excluding carboxylic acids is 1. The van der Waals surface area contributed by atoms with Crippen molar-refractivity contribution in [3.63, 3.8) is 0 Å². The summed E-state index contributed by atoms with van der Waals surface area (Å²) < 4.78 is 44.9. The lowest BCUT2D eigenvalue weighted by Gasteiger charge is -2.49. The molecule has 3 fully saturated rings. The van der Waals surface area contributed by atoms with Crippen LogP contribution in [-0.4, -0.2) is 71.8 Å². The summed E-state index contributed by atoms with van der Waals surface area (Å²) in [5.41, 5.74) is 3.08. The molecule has 0 radical (unpaired) electrons. The van der Waals surface area contributed by atoms with Crippen LogP contribution >= 0.6 is 0 Å². The Morgan fingerprint density at radius 2 is 1.73 bits per heavy atom. The van der Waals surface area contributed by atoms with E-state index in [1.165, 1.54) is 48.9 Å². The zero-order valence-corrected chi connectivity index (χ0v) is 24.1. The number of fused-ring (bicyclic) bond motifs is 1. The molecule has 2 heterocycles. The van der Waals surface area contributed by atoms with Crippen LogP contribution < -0.4 is 10.1 Å². The molecule has 2 saturated heterocycles. The van der Waals surface area contributed by atoms with E-state index in [1.807, 2.05) is 6.07 Å². The first-order chi connectivity index (χ1) is 19.6. The lowest BCUT2D eigenvalue weighted by atomic mass is 9.86. The molecule has 41 heavy (non-hydrogen) atoms. The maximum atomic E-state index is 13.1. The summed E-state index contributed by atoms with van der Waals surface area (Å²) in [5, 5.41) is 13.9. The quantitative estimate of drug-likeness (QED) is 0.428. The molecule has 0 unspecified atom stereocenters. The van der Waals surface area contributed by atoms with Gasteiger partial charge in [0, 0.05) is 49.9 Å². The van der Waals surface area contributed by atoms with Crippen LogP contribution in [0.25, 0.3) is 0 Å². The van der Waals surface area contributed by atoms with Crippen LogP contribution in [0.15, 0.2) is 36.4 Å². The van der Waals surface area contributed by atoms with Crippen molar-refractivity contribution >= 4 is 5.91 Å². The predicted molar refractivity (Wildman–Crippen MR) is 152 cm³/mol. The molecule has 0 spiro atoms. The predicted octanol–water partition coefficient (Wildman–Crippen LogP) is 5.65. The highest BCUT2D eigenvalue weighted by molar-refractivity contribution is 5.94. The van der Waals surface area contributed by atoms with E-state index in [-0.39, 0.29) is 24.6 Å². The average molecular weight is 574 g/mol. The fourth-order valence-corrected chi connectivity index (χ4v) is 6.76. The van der Waals surface area contributed by atoms with E-state index in [4.69, 9.17) is 4.74 Å². The highest BCUT2D eigenvalue weighted by Crippen LogP contribution is 2.40. The van der Waals surface area contributed by atoms with Gasteiger partial charge in [0.25, 0.3) is 5.91 Å². The van der Waals surface area contributed by atoms with Crippen LogP contribution in [-0.2, 0) is 6.18 Å². The maximum absolute atomic E-state index is 13.1. The van der Waals surface area contributed by atoms with Crippen molar-refractivity contribution in [2.45, 2.75) is 89.2 Å². The van der Waals surface area contributed by atoms with Gasteiger partial charge in [-0.05, 0) is 93.0 Å².